The molecule has 28 heavy (non-hydrogen) atoms. The number of carbonyl (C=O) groups excluding carboxylic acids is 1. The first-order valence-corrected chi connectivity index (χ1v) is 10.7. The molecule has 5 nitrogen and oxygen atoms in total. The van der Waals surface area contributed by atoms with E-state index in [2.05, 4.69) is 53.1 Å². The van der Waals surface area contributed by atoms with Gasteiger partial charge in [0.2, 0.25) is 5.91 Å². The van der Waals surface area contributed by atoms with Crippen LogP contribution in [0.1, 0.15) is 35.8 Å². The molecule has 1 atom stereocenters. The highest BCUT2D eigenvalue weighted by atomic mass is 32.1. The van der Waals surface area contributed by atoms with Gasteiger partial charge in [0.1, 0.15) is 17.0 Å². The highest BCUT2D eigenvalue weighted by Crippen LogP contribution is 2.33. The molecule has 3 heterocycles. The van der Waals surface area contributed by atoms with Crippen molar-refractivity contribution in [2.45, 2.75) is 40.0 Å². The fraction of sp³-hybridized carbons (Fsp3) is 0.409. The molecule has 1 fully saturated rings. The van der Waals surface area contributed by atoms with Gasteiger partial charge in [-0.15, -0.1) is 11.3 Å². The van der Waals surface area contributed by atoms with E-state index in [0.29, 0.717) is 6.54 Å². The van der Waals surface area contributed by atoms with Crippen molar-refractivity contribution >= 4 is 39.0 Å². The molecule has 6 heteroatoms. The van der Waals surface area contributed by atoms with Gasteiger partial charge < -0.3 is 10.2 Å². The van der Waals surface area contributed by atoms with Crippen LogP contribution in [0.2, 0.25) is 0 Å². The molecule has 0 radical (unpaired) electrons. The number of carbonyl (C=O) groups is 1. The fourth-order valence-corrected chi connectivity index (χ4v) is 4.75. The number of thiophene rings is 1. The van der Waals surface area contributed by atoms with Crippen LogP contribution in [-0.2, 0) is 11.2 Å². The molecule has 1 aliphatic heterocycles. The first-order valence-electron chi connectivity index (χ1n) is 9.92. The van der Waals surface area contributed by atoms with Crippen molar-refractivity contribution in [2.75, 3.05) is 23.3 Å². The van der Waals surface area contributed by atoms with Crippen LogP contribution in [0.25, 0.3) is 10.2 Å². The zero-order chi connectivity index (χ0) is 19.7. The summed E-state index contributed by atoms with van der Waals surface area (Å²) in [4.78, 5) is 26.6. The number of hydrogen-bond donors (Lipinski definition) is 1. The fourth-order valence-electron chi connectivity index (χ4n) is 3.82. The number of nitrogens with zero attached hydrogens (tertiary/aromatic N) is 3. The standard InChI is InChI=1S/C22H26N4OS/c1-4-17-11-18-20(23-13-24-22(18)28-17)26-10-6-8-16(12-26)21(27)25-19-9-5-7-14(2)15(19)3/h5,7,9,11,13,16H,4,6,8,10,12H2,1-3H3,(H,25,27)/t16-/m1/s1. The van der Waals surface area contributed by atoms with Crippen LogP contribution in [-0.4, -0.2) is 29.0 Å². The molecule has 4 rings (SSSR count). The van der Waals surface area contributed by atoms with E-state index >= 15 is 0 Å². The van der Waals surface area contributed by atoms with Gasteiger partial charge in [0.25, 0.3) is 0 Å². The van der Waals surface area contributed by atoms with E-state index in [9.17, 15) is 4.79 Å². The Kier molecular flexibility index (Phi) is 5.31. The number of benzene rings is 1. The van der Waals surface area contributed by atoms with Crippen LogP contribution < -0.4 is 10.2 Å². The first kappa shape index (κ1) is 18.9. The monoisotopic (exact) mass is 394 g/mol. The smallest absolute Gasteiger partial charge is 0.229 e. The quantitative estimate of drug-likeness (QED) is 0.695. The lowest BCUT2D eigenvalue weighted by Gasteiger charge is -2.33. The minimum atomic E-state index is -0.0389. The lowest BCUT2D eigenvalue weighted by molar-refractivity contribution is -0.120. The van der Waals surface area contributed by atoms with Gasteiger partial charge in [0.15, 0.2) is 0 Å². The third-order valence-electron chi connectivity index (χ3n) is 5.66. The van der Waals surface area contributed by atoms with Crippen molar-refractivity contribution < 1.29 is 4.79 Å². The second-order valence-electron chi connectivity index (χ2n) is 7.50. The Balaban J connectivity index is 1.54. The minimum absolute atomic E-state index is 0.0389. The highest BCUT2D eigenvalue weighted by Gasteiger charge is 2.28. The van der Waals surface area contributed by atoms with Gasteiger partial charge in [-0.1, -0.05) is 19.1 Å². The van der Waals surface area contributed by atoms with Gasteiger partial charge in [0, 0.05) is 23.7 Å². The summed E-state index contributed by atoms with van der Waals surface area (Å²) in [5.74, 6) is 1.02. The average Bonchev–Trinajstić information content (AvgIpc) is 3.15. The van der Waals surface area contributed by atoms with Crippen LogP contribution in [0.15, 0.2) is 30.6 Å². The molecule has 3 aromatic rings. The summed E-state index contributed by atoms with van der Waals surface area (Å²) in [6, 6.07) is 8.24. The third kappa shape index (κ3) is 3.61. The van der Waals surface area contributed by atoms with Crippen molar-refractivity contribution in [3.63, 3.8) is 0 Å². The molecule has 0 unspecified atom stereocenters. The number of aromatic nitrogens is 2. The lowest BCUT2D eigenvalue weighted by atomic mass is 9.96. The molecule has 0 bridgehead atoms. The van der Waals surface area contributed by atoms with E-state index in [1.165, 1.54) is 10.4 Å². The van der Waals surface area contributed by atoms with Gasteiger partial charge in [-0.2, -0.15) is 0 Å². The number of amides is 1. The predicted octanol–water partition coefficient (Wildman–Crippen LogP) is 4.73. The van der Waals surface area contributed by atoms with E-state index in [4.69, 9.17) is 0 Å². The Bertz CT molecular complexity index is 1010. The number of rotatable bonds is 4. The van der Waals surface area contributed by atoms with Crippen LogP contribution in [0.3, 0.4) is 0 Å². The summed E-state index contributed by atoms with van der Waals surface area (Å²) in [6.07, 6.45) is 4.54. The minimum Gasteiger partial charge on any atom is -0.355 e. The topological polar surface area (TPSA) is 58.1 Å². The molecule has 2 aromatic heterocycles. The van der Waals surface area contributed by atoms with Crippen LogP contribution in [0.5, 0.6) is 0 Å². The molecule has 1 aromatic carbocycles. The number of aryl methyl sites for hydroxylation is 2. The van der Waals surface area contributed by atoms with Gasteiger partial charge in [-0.05, 0) is 56.4 Å². The molecule has 1 aliphatic rings. The second kappa shape index (κ2) is 7.87. The average molecular weight is 395 g/mol. The maximum Gasteiger partial charge on any atom is 0.229 e. The van der Waals surface area contributed by atoms with Crippen molar-refractivity contribution in [3.05, 3.63) is 46.6 Å². The van der Waals surface area contributed by atoms with E-state index < -0.39 is 0 Å². The van der Waals surface area contributed by atoms with Crippen molar-refractivity contribution in [2.24, 2.45) is 5.92 Å². The Morgan fingerprint density at radius 1 is 1.32 bits per heavy atom. The molecule has 0 saturated carbocycles. The molecule has 0 spiro atoms. The summed E-state index contributed by atoms with van der Waals surface area (Å²) >= 11 is 1.73. The zero-order valence-corrected chi connectivity index (χ0v) is 17.5. The van der Waals surface area contributed by atoms with Crippen LogP contribution in [0, 0.1) is 19.8 Å². The van der Waals surface area contributed by atoms with Gasteiger partial charge in [-0.3, -0.25) is 4.79 Å². The number of hydrogen-bond acceptors (Lipinski definition) is 5. The molecular weight excluding hydrogens is 368 g/mol. The van der Waals surface area contributed by atoms with E-state index in [0.717, 1.165) is 53.1 Å². The maximum absolute atomic E-state index is 13.0. The summed E-state index contributed by atoms with van der Waals surface area (Å²) in [6.45, 7) is 7.90. The summed E-state index contributed by atoms with van der Waals surface area (Å²) in [7, 11) is 0. The van der Waals surface area contributed by atoms with Crippen molar-refractivity contribution in [3.8, 4) is 0 Å². The van der Waals surface area contributed by atoms with E-state index in [1.54, 1.807) is 17.7 Å². The van der Waals surface area contributed by atoms with Gasteiger partial charge in [0.05, 0.1) is 11.3 Å². The maximum atomic E-state index is 13.0. The molecule has 1 saturated heterocycles. The van der Waals surface area contributed by atoms with Gasteiger partial charge in [-0.25, -0.2) is 9.97 Å². The summed E-state index contributed by atoms with van der Waals surface area (Å²) < 4.78 is 0. The number of anilines is 2. The molecule has 146 valence electrons. The highest BCUT2D eigenvalue weighted by molar-refractivity contribution is 7.18. The lowest BCUT2D eigenvalue weighted by Crippen LogP contribution is -2.41. The van der Waals surface area contributed by atoms with Gasteiger partial charge >= 0.3 is 0 Å². The van der Waals surface area contributed by atoms with E-state index in [1.807, 2.05) is 12.1 Å². The molecule has 0 aliphatic carbocycles. The first-order chi connectivity index (χ1) is 13.6. The SMILES string of the molecule is CCc1cc2c(N3CCC[C@@H](C(=O)Nc4cccc(C)c4C)C3)ncnc2s1. The number of piperidine rings is 1. The summed E-state index contributed by atoms with van der Waals surface area (Å²) in [5, 5.41) is 4.26. The van der Waals surface area contributed by atoms with Crippen LogP contribution >= 0.6 is 11.3 Å². The van der Waals surface area contributed by atoms with Crippen LogP contribution in [0.4, 0.5) is 11.5 Å². The number of nitrogens with one attached hydrogen (secondary N) is 1. The summed E-state index contributed by atoms with van der Waals surface area (Å²) in [5.41, 5.74) is 3.24. The Hall–Kier alpha value is -2.47. The number of fused-ring (bicyclic) bond motifs is 1. The Morgan fingerprint density at radius 3 is 3.00 bits per heavy atom. The third-order valence-corrected chi connectivity index (χ3v) is 6.85. The molecular formula is C22H26N4OS. The normalized spacial score (nSPS) is 17.1. The zero-order valence-electron chi connectivity index (χ0n) is 16.7. The second-order valence-corrected chi connectivity index (χ2v) is 8.62. The Morgan fingerprint density at radius 2 is 2.18 bits per heavy atom. The van der Waals surface area contributed by atoms with E-state index in [-0.39, 0.29) is 11.8 Å². The van der Waals surface area contributed by atoms with Crippen molar-refractivity contribution in [1.82, 2.24) is 9.97 Å². The van der Waals surface area contributed by atoms with Crippen molar-refractivity contribution in [1.29, 1.82) is 0 Å². The molecule has 1 N–H and O–H groups in total. The molecule has 1 amide bonds. The Labute approximate surface area is 169 Å². The largest absolute Gasteiger partial charge is 0.355 e. The predicted molar refractivity (Wildman–Crippen MR) is 116 cm³/mol.